The molecule has 5 nitrogen and oxygen atoms in total. The van der Waals surface area contributed by atoms with Crippen LogP contribution in [-0.4, -0.2) is 14.7 Å². The number of halogens is 1. The molecule has 0 amide bonds. The molecule has 0 atom stereocenters. The van der Waals surface area contributed by atoms with Gasteiger partial charge in [0.1, 0.15) is 5.69 Å². The Morgan fingerprint density at radius 3 is 2.60 bits per heavy atom. The Hall–Kier alpha value is -1.10. The van der Waals surface area contributed by atoms with E-state index in [2.05, 4.69) is 5.10 Å². The fourth-order valence-corrected chi connectivity index (χ4v) is 2.49. The minimum Gasteiger partial charge on any atom is -0.258 e. The van der Waals surface area contributed by atoms with Gasteiger partial charge in [-0.1, -0.05) is 24.4 Å². The van der Waals surface area contributed by atoms with E-state index < -0.39 is 4.92 Å². The van der Waals surface area contributed by atoms with Gasteiger partial charge < -0.3 is 0 Å². The van der Waals surface area contributed by atoms with E-state index in [0.717, 1.165) is 25.7 Å². The second kappa shape index (κ2) is 3.81. The zero-order valence-corrected chi connectivity index (χ0v) is 9.20. The van der Waals surface area contributed by atoms with E-state index in [1.165, 1.54) is 0 Å². The Labute approximate surface area is 92.2 Å². The number of aromatic nitrogens is 2. The molecule has 0 radical (unpaired) electrons. The fraction of sp³-hybridized carbons (Fsp3) is 0.667. The van der Waals surface area contributed by atoms with Gasteiger partial charge >= 0.3 is 5.69 Å². The Balaban J connectivity index is 2.40. The third-order valence-corrected chi connectivity index (χ3v) is 3.20. The van der Waals surface area contributed by atoms with Gasteiger partial charge in [-0.15, -0.1) is 0 Å². The first-order chi connectivity index (χ1) is 7.11. The van der Waals surface area contributed by atoms with Crippen molar-refractivity contribution in [3.63, 3.8) is 0 Å². The van der Waals surface area contributed by atoms with Gasteiger partial charge in [0.25, 0.3) is 0 Å². The maximum absolute atomic E-state index is 10.7. The van der Waals surface area contributed by atoms with Crippen molar-refractivity contribution in [1.82, 2.24) is 9.78 Å². The van der Waals surface area contributed by atoms with Crippen LogP contribution in [0.2, 0.25) is 5.15 Å². The highest BCUT2D eigenvalue weighted by Crippen LogP contribution is 2.36. The third kappa shape index (κ3) is 1.71. The van der Waals surface area contributed by atoms with E-state index in [-0.39, 0.29) is 16.9 Å². The number of nitro groups is 1. The zero-order valence-electron chi connectivity index (χ0n) is 8.44. The Morgan fingerprint density at radius 1 is 1.53 bits per heavy atom. The van der Waals surface area contributed by atoms with Gasteiger partial charge in [0.15, 0.2) is 0 Å². The van der Waals surface area contributed by atoms with Crippen molar-refractivity contribution >= 4 is 17.3 Å². The molecular weight excluding hydrogens is 218 g/mol. The lowest BCUT2D eigenvalue weighted by Crippen LogP contribution is -2.06. The first-order valence-electron chi connectivity index (χ1n) is 5.00. The SMILES string of the molecule is Cc1nn(C2CCCC2)c(Cl)c1[N+](=O)[O-]. The summed E-state index contributed by atoms with van der Waals surface area (Å²) < 4.78 is 1.61. The second-order valence-electron chi connectivity index (χ2n) is 3.86. The molecule has 1 aromatic heterocycles. The molecule has 1 fully saturated rings. The number of hydrogen-bond donors (Lipinski definition) is 0. The summed E-state index contributed by atoms with van der Waals surface area (Å²) in [4.78, 5) is 10.3. The summed E-state index contributed by atoms with van der Waals surface area (Å²) in [5.74, 6) is 0. The standard InChI is InChI=1S/C9H12ClN3O2/c1-6-8(13(14)15)9(10)12(11-6)7-4-2-3-5-7/h7H,2-5H2,1H3. The molecule has 1 aliphatic carbocycles. The summed E-state index contributed by atoms with van der Waals surface area (Å²) in [6.07, 6.45) is 4.32. The highest BCUT2D eigenvalue weighted by Gasteiger charge is 2.28. The monoisotopic (exact) mass is 229 g/mol. The van der Waals surface area contributed by atoms with E-state index in [0.29, 0.717) is 5.69 Å². The van der Waals surface area contributed by atoms with Crippen molar-refractivity contribution in [2.45, 2.75) is 38.6 Å². The molecule has 0 bridgehead atoms. The van der Waals surface area contributed by atoms with E-state index in [1.54, 1.807) is 11.6 Å². The van der Waals surface area contributed by atoms with Crippen LogP contribution in [0.5, 0.6) is 0 Å². The van der Waals surface area contributed by atoms with Crippen molar-refractivity contribution in [1.29, 1.82) is 0 Å². The van der Waals surface area contributed by atoms with Crippen LogP contribution >= 0.6 is 11.6 Å². The smallest absolute Gasteiger partial charge is 0.258 e. The minimum absolute atomic E-state index is 0.0523. The lowest BCUT2D eigenvalue weighted by molar-refractivity contribution is -0.385. The van der Waals surface area contributed by atoms with Gasteiger partial charge in [-0.2, -0.15) is 5.10 Å². The van der Waals surface area contributed by atoms with E-state index in [4.69, 9.17) is 11.6 Å². The Bertz CT molecular complexity index is 396. The van der Waals surface area contributed by atoms with E-state index >= 15 is 0 Å². The third-order valence-electron chi connectivity index (χ3n) is 2.85. The number of aryl methyl sites for hydroxylation is 1. The minimum atomic E-state index is -0.462. The molecular formula is C9H12ClN3O2. The van der Waals surface area contributed by atoms with Crippen molar-refractivity contribution in [2.75, 3.05) is 0 Å². The van der Waals surface area contributed by atoms with E-state index in [1.807, 2.05) is 0 Å². The Morgan fingerprint density at radius 2 is 2.13 bits per heavy atom. The predicted molar refractivity (Wildman–Crippen MR) is 56.1 cm³/mol. The molecule has 15 heavy (non-hydrogen) atoms. The van der Waals surface area contributed by atoms with Gasteiger partial charge in [0.05, 0.1) is 11.0 Å². The fourth-order valence-electron chi connectivity index (χ4n) is 2.11. The normalized spacial score (nSPS) is 17.2. The molecule has 1 aromatic rings. The van der Waals surface area contributed by atoms with Gasteiger partial charge in [-0.05, 0) is 19.8 Å². The number of hydrogen-bond acceptors (Lipinski definition) is 3. The van der Waals surface area contributed by atoms with Crippen LogP contribution in [0.15, 0.2) is 0 Å². The lowest BCUT2D eigenvalue weighted by atomic mass is 10.3. The highest BCUT2D eigenvalue weighted by molar-refractivity contribution is 6.31. The quantitative estimate of drug-likeness (QED) is 0.579. The molecule has 1 heterocycles. The van der Waals surface area contributed by atoms with Gasteiger partial charge in [-0.25, -0.2) is 4.68 Å². The van der Waals surface area contributed by atoms with Crippen LogP contribution in [0.25, 0.3) is 0 Å². The van der Waals surface area contributed by atoms with Gasteiger partial charge in [0.2, 0.25) is 5.15 Å². The molecule has 0 aromatic carbocycles. The summed E-state index contributed by atoms with van der Waals surface area (Å²) in [6.45, 7) is 1.62. The maximum Gasteiger partial charge on any atom is 0.328 e. The summed E-state index contributed by atoms with van der Waals surface area (Å²) in [7, 11) is 0. The highest BCUT2D eigenvalue weighted by atomic mass is 35.5. The second-order valence-corrected chi connectivity index (χ2v) is 4.22. The largest absolute Gasteiger partial charge is 0.328 e. The number of nitrogens with zero attached hydrogens (tertiary/aromatic N) is 3. The predicted octanol–water partition coefficient (Wildman–Crippen LogP) is 2.87. The van der Waals surface area contributed by atoms with Crippen LogP contribution < -0.4 is 0 Å². The van der Waals surface area contributed by atoms with Crippen molar-refractivity contribution in [3.05, 3.63) is 21.0 Å². The summed E-state index contributed by atoms with van der Waals surface area (Å²) in [6, 6.07) is 0.241. The zero-order chi connectivity index (χ0) is 11.0. The molecule has 1 aliphatic rings. The molecule has 0 N–H and O–H groups in total. The van der Waals surface area contributed by atoms with Crippen molar-refractivity contribution < 1.29 is 4.92 Å². The average Bonchev–Trinajstić information content (AvgIpc) is 2.72. The Kier molecular flexibility index (Phi) is 2.65. The molecule has 0 saturated heterocycles. The summed E-state index contributed by atoms with van der Waals surface area (Å²) in [5, 5.41) is 15.1. The number of rotatable bonds is 2. The summed E-state index contributed by atoms with van der Waals surface area (Å²) in [5.41, 5.74) is 0.348. The van der Waals surface area contributed by atoms with Crippen molar-refractivity contribution in [3.8, 4) is 0 Å². The first kappa shape index (κ1) is 10.4. The lowest BCUT2D eigenvalue weighted by Gasteiger charge is -2.09. The van der Waals surface area contributed by atoms with Crippen LogP contribution in [0, 0.1) is 17.0 Å². The molecule has 0 unspecified atom stereocenters. The maximum atomic E-state index is 10.7. The molecule has 0 aliphatic heterocycles. The average molecular weight is 230 g/mol. The van der Waals surface area contributed by atoms with Gasteiger partial charge in [0, 0.05) is 0 Å². The van der Waals surface area contributed by atoms with Crippen molar-refractivity contribution in [2.24, 2.45) is 0 Å². The molecule has 2 rings (SSSR count). The van der Waals surface area contributed by atoms with Crippen LogP contribution in [0.3, 0.4) is 0 Å². The molecule has 82 valence electrons. The molecule has 0 spiro atoms. The molecule has 1 saturated carbocycles. The first-order valence-corrected chi connectivity index (χ1v) is 5.38. The van der Waals surface area contributed by atoms with Crippen LogP contribution in [-0.2, 0) is 0 Å². The van der Waals surface area contributed by atoms with E-state index in [9.17, 15) is 10.1 Å². The van der Waals surface area contributed by atoms with Crippen LogP contribution in [0.1, 0.15) is 37.4 Å². The van der Waals surface area contributed by atoms with Crippen LogP contribution in [0.4, 0.5) is 5.69 Å². The topological polar surface area (TPSA) is 61.0 Å². The molecule has 6 heteroatoms. The summed E-state index contributed by atoms with van der Waals surface area (Å²) >= 11 is 5.96. The van der Waals surface area contributed by atoms with Gasteiger partial charge in [-0.3, -0.25) is 10.1 Å².